The molecule has 3 heteroatoms. The van der Waals surface area contributed by atoms with Crippen molar-refractivity contribution in [3.8, 4) is 0 Å². The van der Waals surface area contributed by atoms with Gasteiger partial charge in [0.1, 0.15) is 6.04 Å². The van der Waals surface area contributed by atoms with Crippen LogP contribution in [0.15, 0.2) is 30.3 Å². The quantitative estimate of drug-likeness (QED) is 0.789. The molecule has 0 saturated heterocycles. The average molecular weight is 206 g/mol. The topological polar surface area (TPSA) is 55.1 Å². The Balaban J connectivity index is 2.90. The highest BCUT2D eigenvalue weighted by molar-refractivity contribution is 5.81. The molecule has 0 aliphatic heterocycles. The van der Waals surface area contributed by atoms with E-state index in [4.69, 9.17) is 5.73 Å². The minimum absolute atomic E-state index is 0.143. The number of rotatable bonds is 3. The van der Waals surface area contributed by atoms with Gasteiger partial charge in [-0.25, -0.2) is 0 Å². The molecule has 0 spiro atoms. The highest BCUT2D eigenvalue weighted by Gasteiger charge is 2.22. The van der Waals surface area contributed by atoms with Crippen LogP contribution in [-0.4, -0.2) is 11.4 Å². The first-order valence-electron chi connectivity index (χ1n) is 5.02. The Bertz CT molecular complexity index is 327. The van der Waals surface area contributed by atoms with Gasteiger partial charge in [-0.1, -0.05) is 30.3 Å². The first kappa shape index (κ1) is 11.7. The normalized spacial score (nSPS) is 13.5. The van der Waals surface area contributed by atoms with E-state index in [9.17, 15) is 4.79 Å². The summed E-state index contributed by atoms with van der Waals surface area (Å²) in [6, 6.07) is 9.08. The van der Waals surface area contributed by atoms with Crippen molar-refractivity contribution < 1.29 is 4.79 Å². The van der Waals surface area contributed by atoms with Crippen LogP contribution < -0.4 is 11.1 Å². The van der Waals surface area contributed by atoms with E-state index in [-0.39, 0.29) is 11.4 Å². The monoisotopic (exact) mass is 206 g/mol. The molecule has 1 rings (SSSR count). The number of carbonyl (C=O) groups excluding carboxylic acids is 1. The smallest absolute Gasteiger partial charge is 0.239 e. The molecular weight excluding hydrogens is 188 g/mol. The van der Waals surface area contributed by atoms with Gasteiger partial charge in [0.2, 0.25) is 5.91 Å². The standard InChI is InChI=1S/C12H18N2O/c1-12(2,3)14-10(11(13)15)9-7-5-4-6-8-9/h4-8,10,14H,1-3H3,(H2,13,15). The van der Waals surface area contributed by atoms with Gasteiger partial charge in [0.25, 0.3) is 0 Å². The first-order valence-corrected chi connectivity index (χ1v) is 5.02. The Morgan fingerprint density at radius 3 is 2.20 bits per heavy atom. The van der Waals surface area contributed by atoms with E-state index in [2.05, 4.69) is 5.32 Å². The second-order valence-electron chi connectivity index (χ2n) is 4.64. The lowest BCUT2D eigenvalue weighted by atomic mass is 10.0. The number of benzene rings is 1. The van der Waals surface area contributed by atoms with Gasteiger partial charge < -0.3 is 5.73 Å². The van der Waals surface area contributed by atoms with E-state index in [1.54, 1.807) is 0 Å². The predicted molar refractivity (Wildman–Crippen MR) is 61.3 cm³/mol. The summed E-state index contributed by atoms with van der Waals surface area (Å²) in [5.74, 6) is -0.351. The summed E-state index contributed by atoms with van der Waals surface area (Å²) >= 11 is 0. The van der Waals surface area contributed by atoms with Crippen LogP contribution in [-0.2, 0) is 4.79 Å². The van der Waals surface area contributed by atoms with Crippen LogP contribution >= 0.6 is 0 Å². The molecule has 0 bridgehead atoms. The molecule has 0 heterocycles. The summed E-state index contributed by atoms with van der Waals surface area (Å²) < 4.78 is 0. The van der Waals surface area contributed by atoms with E-state index in [1.165, 1.54) is 0 Å². The molecule has 82 valence electrons. The molecule has 0 saturated carbocycles. The van der Waals surface area contributed by atoms with Crippen LogP contribution in [0.4, 0.5) is 0 Å². The molecule has 3 N–H and O–H groups in total. The third-order valence-corrected chi connectivity index (χ3v) is 1.99. The Morgan fingerprint density at radius 2 is 1.80 bits per heavy atom. The predicted octanol–water partition coefficient (Wildman–Crippen LogP) is 1.60. The summed E-state index contributed by atoms with van der Waals surface area (Å²) in [5, 5.41) is 3.20. The van der Waals surface area contributed by atoms with Crippen LogP contribution in [0.1, 0.15) is 32.4 Å². The largest absolute Gasteiger partial charge is 0.368 e. The lowest BCUT2D eigenvalue weighted by Crippen LogP contribution is -2.44. The minimum atomic E-state index is -0.425. The molecule has 1 unspecified atom stereocenters. The summed E-state index contributed by atoms with van der Waals surface area (Å²) in [5.41, 5.74) is 6.13. The van der Waals surface area contributed by atoms with Gasteiger partial charge in [0, 0.05) is 5.54 Å². The molecule has 0 aliphatic carbocycles. The summed E-state index contributed by atoms with van der Waals surface area (Å²) in [6.07, 6.45) is 0. The number of hydrogen-bond donors (Lipinski definition) is 2. The Morgan fingerprint density at radius 1 is 1.27 bits per heavy atom. The molecule has 3 nitrogen and oxygen atoms in total. The summed E-state index contributed by atoms with van der Waals surface area (Å²) in [6.45, 7) is 6.02. The number of hydrogen-bond acceptors (Lipinski definition) is 2. The maximum absolute atomic E-state index is 11.3. The molecular formula is C12H18N2O. The van der Waals surface area contributed by atoms with Crippen LogP contribution in [0.5, 0.6) is 0 Å². The van der Waals surface area contributed by atoms with Gasteiger partial charge in [-0.3, -0.25) is 10.1 Å². The van der Waals surface area contributed by atoms with Crippen molar-refractivity contribution in [2.24, 2.45) is 5.73 Å². The second kappa shape index (κ2) is 4.45. The number of primary amides is 1. The lowest BCUT2D eigenvalue weighted by Gasteiger charge is -2.26. The molecule has 15 heavy (non-hydrogen) atoms. The molecule has 1 amide bonds. The fourth-order valence-electron chi connectivity index (χ4n) is 1.40. The van der Waals surface area contributed by atoms with E-state index in [0.717, 1.165) is 5.56 Å². The third-order valence-electron chi connectivity index (χ3n) is 1.99. The van der Waals surface area contributed by atoms with E-state index >= 15 is 0 Å². The summed E-state index contributed by atoms with van der Waals surface area (Å²) in [4.78, 5) is 11.3. The SMILES string of the molecule is CC(C)(C)NC(C(N)=O)c1ccccc1. The van der Waals surface area contributed by atoms with Crippen molar-refractivity contribution >= 4 is 5.91 Å². The van der Waals surface area contributed by atoms with Crippen LogP contribution in [0.3, 0.4) is 0 Å². The van der Waals surface area contributed by atoms with E-state index in [0.29, 0.717) is 0 Å². The van der Waals surface area contributed by atoms with Crippen molar-refractivity contribution in [2.75, 3.05) is 0 Å². The van der Waals surface area contributed by atoms with E-state index in [1.807, 2.05) is 51.1 Å². The molecule has 0 radical (unpaired) electrons. The molecule has 1 atom stereocenters. The average Bonchev–Trinajstić information content (AvgIpc) is 2.14. The van der Waals surface area contributed by atoms with Gasteiger partial charge in [0.05, 0.1) is 0 Å². The highest BCUT2D eigenvalue weighted by atomic mass is 16.1. The number of nitrogens with two attached hydrogens (primary N) is 1. The zero-order chi connectivity index (χ0) is 11.5. The Kier molecular flexibility index (Phi) is 3.48. The van der Waals surface area contributed by atoms with Gasteiger partial charge in [-0.05, 0) is 26.3 Å². The Hall–Kier alpha value is -1.35. The molecule has 0 fully saturated rings. The number of amides is 1. The van der Waals surface area contributed by atoms with Gasteiger partial charge in [0.15, 0.2) is 0 Å². The first-order chi connectivity index (χ1) is 6.90. The Labute approximate surface area is 90.7 Å². The van der Waals surface area contributed by atoms with Crippen LogP contribution in [0.25, 0.3) is 0 Å². The van der Waals surface area contributed by atoms with Crippen molar-refractivity contribution in [3.63, 3.8) is 0 Å². The van der Waals surface area contributed by atoms with Gasteiger partial charge in [-0.2, -0.15) is 0 Å². The lowest BCUT2D eigenvalue weighted by molar-refractivity contribution is -0.120. The molecule has 1 aromatic rings. The third kappa shape index (κ3) is 3.72. The molecule has 0 aromatic heterocycles. The zero-order valence-electron chi connectivity index (χ0n) is 9.45. The van der Waals surface area contributed by atoms with E-state index < -0.39 is 6.04 Å². The summed E-state index contributed by atoms with van der Waals surface area (Å²) in [7, 11) is 0. The fraction of sp³-hybridized carbons (Fsp3) is 0.417. The maximum Gasteiger partial charge on any atom is 0.239 e. The maximum atomic E-state index is 11.3. The second-order valence-corrected chi connectivity index (χ2v) is 4.64. The number of nitrogens with one attached hydrogen (secondary N) is 1. The minimum Gasteiger partial charge on any atom is -0.368 e. The fourth-order valence-corrected chi connectivity index (χ4v) is 1.40. The van der Waals surface area contributed by atoms with Gasteiger partial charge >= 0.3 is 0 Å². The molecule has 1 aromatic carbocycles. The van der Waals surface area contributed by atoms with Crippen LogP contribution in [0, 0.1) is 0 Å². The van der Waals surface area contributed by atoms with Gasteiger partial charge in [-0.15, -0.1) is 0 Å². The highest BCUT2D eigenvalue weighted by Crippen LogP contribution is 2.15. The van der Waals surface area contributed by atoms with Crippen molar-refractivity contribution in [2.45, 2.75) is 32.4 Å². The zero-order valence-corrected chi connectivity index (χ0v) is 9.45. The van der Waals surface area contributed by atoms with Crippen LogP contribution in [0.2, 0.25) is 0 Å². The van der Waals surface area contributed by atoms with Crippen molar-refractivity contribution in [1.29, 1.82) is 0 Å². The molecule has 0 aliphatic rings. The van der Waals surface area contributed by atoms with Crippen molar-refractivity contribution in [1.82, 2.24) is 5.32 Å². The van der Waals surface area contributed by atoms with Crippen molar-refractivity contribution in [3.05, 3.63) is 35.9 Å². The number of carbonyl (C=O) groups is 1.